The van der Waals surface area contributed by atoms with Crippen LogP contribution in [-0.2, 0) is 9.53 Å². The summed E-state index contributed by atoms with van der Waals surface area (Å²) in [6.07, 6.45) is 4.29. The van der Waals surface area contributed by atoms with Gasteiger partial charge in [0.15, 0.2) is 0 Å². The Labute approximate surface area is 250 Å². The number of nitrogens with one attached hydrogen (secondary N) is 2. The molecule has 0 aromatic carbocycles. The Morgan fingerprint density at radius 2 is 1.93 bits per heavy atom. The van der Waals surface area contributed by atoms with E-state index in [0.29, 0.717) is 66.1 Å². The lowest BCUT2D eigenvalue weighted by Gasteiger charge is -2.30. The predicted molar refractivity (Wildman–Crippen MR) is 163 cm³/mol. The van der Waals surface area contributed by atoms with Crippen LogP contribution in [0.15, 0.2) is 23.7 Å². The second-order valence-electron chi connectivity index (χ2n) is 12.0. The number of morpholine rings is 1. The van der Waals surface area contributed by atoms with Crippen molar-refractivity contribution in [3.05, 3.63) is 35.8 Å². The fourth-order valence-electron chi connectivity index (χ4n) is 6.03. The van der Waals surface area contributed by atoms with Crippen LogP contribution in [0.4, 0.5) is 17.5 Å². The fourth-order valence-corrected chi connectivity index (χ4v) is 6.99. The van der Waals surface area contributed by atoms with Crippen molar-refractivity contribution in [2.75, 3.05) is 42.7 Å². The highest BCUT2D eigenvalue weighted by Crippen LogP contribution is 2.46. The number of nitrogens with zero attached hydrogens (tertiary/aromatic N) is 4. The molecule has 11 nitrogen and oxygen atoms in total. The molecule has 0 radical (unpaired) electrons. The summed E-state index contributed by atoms with van der Waals surface area (Å²) in [4.78, 5) is 30.7. The number of amides is 1. The first-order valence-electron chi connectivity index (χ1n) is 15.0. The molecule has 6 rings (SSSR count). The summed E-state index contributed by atoms with van der Waals surface area (Å²) >= 11 is 1.44. The van der Waals surface area contributed by atoms with E-state index < -0.39 is 24.2 Å². The van der Waals surface area contributed by atoms with Crippen LogP contribution in [0, 0.1) is 18.8 Å². The zero-order valence-electron chi connectivity index (χ0n) is 24.3. The fraction of sp³-hybridized carbons (Fsp3) is 0.600. The third kappa shape index (κ3) is 6.08. The van der Waals surface area contributed by atoms with Gasteiger partial charge in [0.25, 0.3) is 0 Å². The monoisotopic (exact) mass is 595 g/mol. The Morgan fingerprint density at radius 1 is 1.19 bits per heavy atom. The molecule has 3 aliphatic carbocycles. The zero-order valence-corrected chi connectivity index (χ0v) is 25.1. The number of carbonyl (C=O) groups excluding carboxylic acids is 1. The lowest BCUT2D eigenvalue weighted by molar-refractivity contribution is -0.143. The Hall–Kier alpha value is -2.93. The van der Waals surface area contributed by atoms with E-state index in [0.717, 1.165) is 29.1 Å². The average Bonchev–Trinajstić information content (AvgIpc) is 3.89. The van der Waals surface area contributed by atoms with Gasteiger partial charge >= 0.3 is 0 Å². The number of rotatable bonds is 10. The Bertz CT molecular complexity index is 1350. The van der Waals surface area contributed by atoms with Crippen LogP contribution in [0.1, 0.15) is 61.9 Å². The first kappa shape index (κ1) is 29.2. The van der Waals surface area contributed by atoms with E-state index >= 15 is 0 Å². The van der Waals surface area contributed by atoms with Gasteiger partial charge in [-0.15, -0.1) is 0 Å². The summed E-state index contributed by atoms with van der Waals surface area (Å²) in [5.41, 5.74) is 9.57. The maximum Gasteiger partial charge on any atom is 0.228 e. The number of aromatic nitrogens is 3. The molecule has 5 atom stereocenters. The molecule has 1 amide bonds. The van der Waals surface area contributed by atoms with Gasteiger partial charge in [0.2, 0.25) is 11.9 Å². The van der Waals surface area contributed by atoms with Gasteiger partial charge in [-0.2, -0.15) is 4.98 Å². The van der Waals surface area contributed by atoms with E-state index in [2.05, 4.69) is 29.1 Å². The summed E-state index contributed by atoms with van der Waals surface area (Å²) in [6.45, 7) is 10.3. The standard InChI is InChI=1S/C30H41N7O4S/c1-15(18-4-5-18)33-30-34-16(2)23(17(3)42-22-8-9-32-25(24(22)31)19-6-7-19)28(36-30)35-21-14-20(26(38)27(21)39)29(40)37-10-12-41-13-11-37/h8-9,15,18-21,26-27,38-39H,3-7,10-14,31H2,1-2H3,(H2,33,34,35,36)/t15-,20+,21-,26-,27+/m1/s1. The summed E-state index contributed by atoms with van der Waals surface area (Å²) in [6, 6.07) is 1.53. The molecule has 1 aliphatic heterocycles. The van der Waals surface area contributed by atoms with Crippen LogP contribution in [0.3, 0.4) is 0 Å². The van der Waals surface area contributed by atoms with Crippen LogP contribution in [-0.4, -0.2) is 86.6 Å². The van der Waals surface area contributed by atoms with Crippen LogP contribution in [0.2, 0.25) is 0 Å². The smallest absolute Gasteiger partial charge is 0.228 e. The number of ether oxygens (including phenoxy) is 1. The van der Waals surface area contributed by atoms with Gasteiger partial charge in [0.1, 0.15) is 11.9 Å². The normalized spacial score (nSPS) is 26.6. The molecule has 42 heavy (non-hydrogen) atoms. The maximum atomic E-state index is 13.2. The van der Waals surface area contributed by atoms with E-state index in [1.54, 1.807) is 11.1 Å². The third-order valence-corrected chi connectivity index (χ3v) is 9.90. The molecule has 4 fully saturated rings. The Kier molecular flexibility index (Phi) is 8.32. The molecule has 12 heteroatoms. The number of hydrogen-bond donors (Lipinski definition) is 5. The molecular formula is C30H41N7O4S. The second-order valence-corrected chi connectivity index (χ2v) is 13.2. The van der Waals surface area contributed by atoms with Crippen molar-refractivity contribution in [3.63, 3.8) is 0 Å². The molecule has 0 bridgehead atoms. The first-order chi connectivity index (χ1) is 20.2. The molecule has 2 aromatic rings. The molecule has 3 saturated carbocycles. The van der Waals surface area contributed by atoms with Gasteiger partial charge in [-0.1, -0.05) is 18.3 Å². The van der Waals surface area contributed by atoms with Gasteiger partial charge in [0.05, 0.1) is 53.9 Å². The van der Waals surface area contributed by atoms with Gasteiger partial charge < -0.3 is 36.2 Å². The third-order valence-electron chi connectivity index (χ3n) is 8.88. The number of pyridine rings is 1. The van der Waals surface area contributed by atoms with E-state index in [1.165, 1.54) is 24.6 Å². The summed E-state index contributed by atoms with van der Waals surface area (Å²) in [5.74, 6) is 1.13. The van der Waals surface area contributed by atoms with Gasteiger partial charge in [-0.3, -0.25) is 9.78 Å². The minimum atomic E-state index is -1.19. The molecule has 3 heterocycles. The van der Waals surface area contributed by atoms with Crippen LogP contribution < -0.4 is 16.4 Å². The molecule has 1 saturated heterocycles. The number of carbonyl (C=O) groups is 1. The van der Waals surface area contributed by atoms with Crippen molar-refractivity contribution in [1.29, 1.82) is 0 Å². The summed E-state index contributed by atoms with van der Waals surface area (Å²) in [5, 5.41) is 28.8. The summed E-state index contributed by atoms with van der Waals surface area (Å²) < 4.78 is 5.38. The van der Waals surface area contributed by atoms with Crippen LogP contribution in [0.5, 0.6) is 0 Å². The molecule has 0 unspecified atom stereocenters. The molecule has 2 aromatic heterocycles. The Balaban J connectivity index is 1.27. The van der Waals surface area contributed by atoms with Gasteiger partial charge in [-0.25, -0.2) is 4.98 Å². The van der Waals surface area contributed by atoms with E-state index in [1.807, 2.05) is 13.0 Å². The van der Waals surface area contributed by atoms with Gasteiger partial charge in [-0.05, 0) is 57.9 Å². The van der Waals surface area contributed by atoms with Crippen molar-refractivity contribution in [3.8, 4) is 0 Å². The number of hydrogen-bond acceptors (Lipinski definition) is 11. The molecule has 4 aliphatic rings. The molecule has 6 N–H and O–H groups in total. The topological polar surface area (TPSA) is 159 Å². The number of aryl methyl sites for hydroxylation is 1. The highest BCUT2D eigenvalue weighted by molar-refractivity contribution is 8.08. The minimum absolute atomic E-state index is 0.159. The van der Waals surface area contributed by atoms with Crippen molar-refractivity contribution in [2.45, 2.75) is 81.1 Å². The lowest BCUT2D eigenvalue weighted by Crippen LogP contribution is -2.46. The largest absolute Gasteiger partial charge is 0.396 e. The number of thioether (sulfide) groups is 1. The highest BCUT2D eigenvalue weighted by Gasteiger charge is 2.47. The number of aliphatic hydroxyl groups is 2. The van der Waals surface area contributed by atoms with Crippen LogP contribution in [0.25, 0.3) is 4.91 Å². The average molecular weight is 596 g/mol. The van der Waals surface area contributed by atoms with Crippen molar-refractivity contribution in [1.82, 2.24) is 19.9 Å². The number of aliphatic hydroxyl groups excluding tert-OH is 2. The summed E-state index contributed by atoms with van der Waals surface area (Å²) in [7, 11) is 0. The lowest BCUT2D eigenvalue weighted by atomic mass is 10.0. The van der Waals surface area contributed by atoms with E-state index in [9.17, 15) is 15.0 Å². The molecular weight excluding hydrogens is 554 g/mol. The van der Waals surface area contributed by atoms with Crippen molar-refractivity contribution < 1.29 is 19.7 Å². The molecule has 226 valence electrons. The minimum Gasteiger partial charge on any atom is -0.396 e. The van der Waals surface area contributed by atoms with Crippen molar-refractivity contribution >= 4 is 40.0 Å². The van der Waals surface area contributed by atoms with Gasteiger partial charge in [0, 0.05) is 41.0 Å². The maximum absolute atomic E-state index is 13.2. The van der Waals surface area contributed by atoms with Crippen molar-refractivity contribution in [2.24, 2.45) is 11.8 Å². The first-order valence-corrected chi connectivity index (χ1v) is 15.8. The number of nitrogens with two attached hydrogens (primary N) is 1. The SMILES string of the molecule is C=C(Sc1ccnc(C2CC2)c1N)c1c(C)nc(N[C@H](C)C2CC2)nc1N[C@@H]1C[C@H](C(=O)N2CCOCC2)[C@@H](O)[C@H]1O. The van der Waals surface area contributed by atoms with Crippen LogP contribution >= 0.6 is 11.8 Å². The van der Waals surface area contributed by atoms with E-state index in [4.69, 9.17) is 20.4 Å². The number of nitrogen functional groups attached to an aromatic ring is 1. The molecule has 0 spiro atoms. The Morgan fingerprint density at radius 3 is 2.62 bits per heavy atom. The zero-order chi connectivity index (χ0) is 29.5. The van der Waals surface area contributed by atoms with E-state index in [-0.39, 0.29) is 18.4 Å². The predicted octanol–water partition coefficient (Wildman–Crippen LogP) is 2.99. The number of anilines is 3. The second kappa shape index (κ2) is 12.0. The quantitative estimate of drug-likeness (QED) is 0.257. The highest BCUT2D eigenvalue weighted by atomic mass is 32.2.